The number of pyridine rings is 1. The second kappa shape index (κ2) is 16.2. The molecule has 10 nitrogen and oxygen atoms in total. The summed E-state index contributed by atoms with van der Waals surface area (Å²) in [4.78, 5) is 18.7. The van der Waals surface area contributed by atoms with Crippen LogP contribution in [0.3, 0.4) is 0 Å². The number of nitrogens with one attached hydrogen (secondary N) is 2. The number of hydrogen-bond acceptors (Lipinski definition) is 6. The first-order valence-corrected chi connectivity index (χ1v) is 22.2. The van der Waals surface area contributed by atoms with Crippen LogP contribution in [0.2, 0.25) is 5.02 Å². The topological polar surface area (TPSA) is 124 Å². The van der Waals surface area contributed by atoms with Crippen molar-refractivity contribution in [3.05, 3.63) is 93.0 Å². The van der Waals surface area contributed by atoms with Crippen LogP contribution in [-0.2, 0) is 58.2 Å². The van der Waals surface area contributed by atoms with E-state index in [2.05, 4.69) is 37.1 Å². The average molecular weight is 950 g/mol. The highest BCUT2D eigenvalue weighted by Gasteiger charge is 2.72. The molecule has 63 heavy (non-hydrogen) atoms. The molecule has 1 amide bonds. The lowest BCUT2D eigenvalue weighted by molar-refractivity contribution is -0.143. The number of halogens is 11. The van der Waals surface area contributed by atoms with Crippen molar-refractivity contribution in [3.8, 4) is 23.0 Å². The zero-order valence-corrected chi connectivity index (χ0v) is 35.8. The fraction of sp³-hybridized carbons (Fsp3) is 0.400. The maximum absolute atomic E-state index is 15.7. The van der Waals surface area contributed by atoms with E-state index in [0.717, 1.165) is 12.1 Å². The van der Waals surface area contributed by atoms with Gasteiger partial charge in [0.2, 0.25) is 5.91 Å². The summed E-state index contributed by atoms with van der Waals surface area (Å²) >= 11 is 6.53. The molecule has 2 aliphatic rings. The third-order valence-corrected chi connectivity index (χ3v) is 13.2. The Morgan fingerprint density at radius 3 is 2.22 bits per heavy atom. The third-order valence-electron chi connectivity index (χ3n) is 10.9. The van der Waals surface area contributed by atoms with Gasteiger partial charge in [-0.15, -0.1) is 0 Å². The van der Waals surface area contributed by atoms with Crippen molar-refractivity contribution < 1.29 is 57.1 Å². The molecule has 2 N–H and O–H groups in total. The highest BCUT2D eigenvalue weighted by molar-refractivity contribution is 7.86. The van der Waals surface area contributed by atoms with Gasteiger partial charge in [-0.25, -0.2) is 18.0 Å². The Bertz CT molecular complexity index is 2780. The smallest absolute Gasteiger partial charge is 0.346 e. The predicted molar refractivity (Wildman–Crippen MR) is 214 cm³/mol. The lowest BCUT2D eigenvalue weighted by atomic mass is 9.93. The standard InChI is InChI=1S/C40H34ClF10N7O3S2/c1-18-28-30-34(40(49,50)51)54-57(35(30)39(47,48)31(18)28)16-27(59)53-26(14-19-12-20(42)15-21(43)13-19)32-23(7-6-22(52-32)10-11-37(2,3)62(4)60)24-8-9-25(41)29-33(24)58(17-38(44,45)46)55-36(29)56-63(5)61/h6-9,12-13,15,18,26,28,31H,14,16-17H2,1-5H3,(H,53,59)(H,55,56). The minimum Gasteiger partial charge on any atom is -0.346 e. The van der Waals surface area contributed by atoms with Gasteiger partial charge in [0.1, 0.15) is 51.8 Å². The van der Waals surface area contributed by atoms with E-state index in [1.165, 1.54) is 43.7 Å². The Morgan fingerprint density at radius 2 is 1.62 bits per heavy atom. The molecule has 6 unspecified atom stereocenters. The molecule has 3 aromatic heterocycles. The van der Waals surface area contributed by atoms with Gasteiger partial charge >= 0.3 is 12.4 Å². The van der Waals surface area contributed by atoms with E-state index in [0.29, 0.717) is 10.7 Å². The van der Waals surface area contributed by atoms with Crippen molar-refractivity contribution in [2.24, 2.45) is 11.8 Å². The fourth-order valence-electron chi connectivity index (χ4n) is 7.96. The van der Waals surface area contributed by atoms with E-state index in [1.54, 1.807) is 13.8 Å². The van der Waals surface area contributed by atoms with E-state index in [4.69, 9.17) is 11.6 Å². The number of fused-ring (bicyclic) bond motifs is 4. The highest BCUT2D eigenvalue weighted by Crippen LogP contribution is 2.71. The lowest BCUT2D eigenvalue weighted by Gasteiger charge is -2.23. The van der Waals surface area contributed by atoms with E-state index in [-0.39, 0.29) is 54.5 Å². The molecule has 0 radical (unpaired) electrons. The minimum absolute atomic E-state index is 0.0600. The Balaban J connectivity index is 1.43. The van der Waals surface area contributed by atoms with Crippen LogP contribution in [0.4, 0.5) is 49.7 Å². The molecule has 336 valence electrons. The highest BCUT2D eigenvalue weighted by atomic mass is 35.5. The van der Waals surface area contributed by atoms with Gasteiger partial charge in [0, 0.05) is 57.9 Å². The monoisotopic (exact) mass is 949 g/mol. The maximum atomic E-state index is 15.7. The number of carbonyl (C=O) groups excluding carboxylic acids is 1. The molecule has 2 aliphatic carbocycles. The number of rotatable bonds is 11. The summed E-state index contributed by atoms with van der Waals surface area (Å²) in [6, 6.07) is 6.03. The maximum Gasteiger partial charge on any atom is 0.435 e. The number of nitrogens with zero attached hydrogens (tertiary/aromatic N) is 5. The summed E-state index contributed by atoms with van der Waals surface area (Å²) in [5, 5.41) is 9.73. The molecule has 3 heterocycles. The first kappa shape index (κ1) is 46.0. The largest absolute Gasteiger partial charge is 0.435 e. The molecule has 0 aliphatic heterocycles. The van der Waals surface area contributed by atoms with Crippen LogP contribution >= 0.6 is 11.6 Å². The minimum atomic E-state index is -5.16. The molecule has 2 aromatic carbocycles. The number of carbonyl (C=O) groups is 1. The molecule has 23 heteroatoms. The molecular weight excluding hydrogens is 916 g/mol. The van der Waals surface area contributed by atoms with E-state index >= 15 is 8.78 Å². The number of benzene rings is 2. The van der Waals surface area contributed by atoms with Crippen LogP contribution in [0, 0.1) is 35.3 Å². The Hall–Kier alpha value is -5.01. The summed E-state index contributed by atoms with van der Waals surface area (Å²) in [5.74, 6) is -5.21. The van der Waals surface area contributed by atoms with Crippen molar-refractivity contribution in [3.63, 3.8) is 0 Å². The van der Waals surface area contributed by atoms with Gasteiger partial charge in [-0.3, -0.25) is 23.1 Å². The molecule has 0 bridgehead atoms. The lowest BCUT2D eigenvalue weighted by Crippen LogP contribution is -2.35. The summed E-state index contributed by atoms with van der Waals surface area (Å²) < 4.78 is 173. The van der Waals surface area contributed by atoms with Crippen molar-refractivity contribution in [1.29, 1.82) is 0 Å². The second-order valence-electron chi connectivity index (χ2n) is 15.7. The summed E-state index contributed by atoms with van der Waals surface area (Å²) in [6.45, 7) is 1.63. The Labute approximate surface area is 362 Å². The van der Waals surface area contributed by atoms with E-state index < -0.39 is 123 Å². The van der Waals surface area contributed by atoms with Crippen LogP contribution in [0.5, 0.6) is 0 Å². The predicted octanol–water partition coefficient (Wildman–Crippen LogP) is 8.58. The van der Waals surface area contributed by atoms with Gasteiger partial charge in [0.05, 0.1) is 27.7 Å². The number of hydrogen-bond donors (Lipinski definition) is 2. The summed E-state index contributed by atoms with van der Waals surface area (Å²) in [5.41, 5.74) is -4.19. The quantitative estimate of drug-likeness (QED) is 0.101. The van der Waals surface area contributed by atoms with Gasteiger partial charge < -0.3 is 5.32 Å². The normalized spacial score (nSPS) is 19.5. The average Bonchev–Trinajstić information content (AvgIpc) is 3.36. The van der Waals surface area contributed by atoms with Crippen molar-refractivity contribution in [2.75, 3.05) is 17.2 Å². The fourth-order valence-corrected chi connectivity index (χ4v) is 8.81. The zero-order valence-electron chi connectivity index (χ0n) is 33.4. The van der Waals surface area contributed by atoms with E-state index in [1.807, 2.05) is 0 Å². The number of aromatic nitrogens is 5. The molecule has 5 aromatic rings. The Morgan fingerprint density at radius 1 is 0.968 bits per heavy atom. The second-order valence-corrected chi connectivity index (χ2v) is 19.2. The molecule has 0 spiro atoms. The molecule has 1 saturated carbocycles. The molecule has 1 fully saturated rings. The van der Waals surface area contributed by atoms with Gasteiger partial charge in [-0.1, -0.05) is 30.5 Å². The molecule has 6 atom stereocenters. The number of anilines is 1. The van der Waals surface area contributed by atoms with Crippen LogP contribution in [-0.4, -0.2) is 62.3 Å². The zero-order chi connectivity index (χ0) is 46.3. The van der Waals surface area contributed by atoms with E-state index in [9.17, 15) is 48.3 Å². The number of amides is 1. The van der Waals surface area contributed by atoms with Crippen LogP contribution in [0.15, 0.2) is 42.5 Å². The van der Waals surface area contributed by atoms with Crippen molar-refractivity contribution >= 4 is 56.0 Å². The first-order chi connectivity index (χ1) is 29.2. The SMILES string of the molecule is CC1C2c3c(C(F)(F)F)nn(CC(=O)NC(Cc4cc(F)cc(F)c4)c4nc(C#CC(C)(C)S(C)=O)ccc4-c4ccc(Cl)c5c(NS(C)=O)nn(CC(F)(F)F)c45)c3C(F)(F)C12. The van der Waals surface area contributed by atoms with Gasteiger partial charge in [0.25, 0.3) is 5.92 Å². The molecule has 7 rings (SSSR count). The van der Waals surface area contributed by atoms with Crippen molar-refractivity contribution in [2.45, 2.75) is 75.3 Å². The molecular formula is C40H34ClF10N7O3S2. The van der Waals surface area contributed by atoms with Gasteiger partial charge in [0.15, 0.2) is 11.5 Å². The first-order valence-electron chi connectivity index (χ1n) is 18.7. The van der Waals surface area contributed by atoms with Gasteiger partial charge in [-0.05, 0) is 68.0 Å². The number of alkyl halides is 8. The molecule has 0 saturated heterocycles. The Kier molecular flexibility index (Phi) is 11.8. The van der Waals surface area contributed by atoms with Crippen LogP contribution < -0.4 is 10.0 Å². The van der Waals surface area contributed by atoms with Crippen molar-refractivity contribution in [1.82, 2.24) is 29.9 Å². The summed E-state index contributed by atoms with van der Waals surface area (Å²) in [6.07, 6.45) is -7.99. The van der Waals surface area contributed by atoms with Crippen LogP contribution in [0.1, 0.15) is 66.6 Å². The third kappa shape index (κ3) is 9.05. The van der Waals surface area contributed by atoms with Gasteiger partial charge in [-0.2, -0.15) is 45.3 Å². The van der Waals surface area contributed by atoms with Crippen LogP contribution in [0.25, 0.3) is 22.0 Å². The summed E-state index contributed by atoms with van der Waals surface area (Å²) in [7, 11) is -3.37.